The van der Waals surface area contributed by atoms with E-state index in [1.807, 2.05) is 0 Å². The van der Waals surface area contributed by atoms with Gasteiger partial charge >= 0.3 is 0 Å². The molecule has 6 heteroatoms. The molecule has 2 rings (SSSR count). The Labute approximate surface area is 114 Å². The molecule has 0 atom stereocenters. The molecule has 5 nitrogen and oxygen atoms in total. The van der Waals surface area contributed by atoms with E-state index in [0.717, 1.165) is 6.07 Å². The van der Waals surface area contributed by atoms with Gasteiger partial charge in [-0.2, -0.15) is 0 Å². The van der Waals surface area contributed by atoms with Crippen LogP contribution in [-0.4, -0.2) is 10.0 Å². The Morgan fingerprint density at radius 1 is 1.30 bits per heavy atom. The number of benzene rings is 2. The number of rotatable bonds is 4. The van der Waals surface area contributed by atoms with Crippen LogP contribution in [0.1, 0.15) is 11.1 Å². The normalized spacial score (nSPS) is 10.3. The Hall–Kier alpha value is -2.47. The molecule has 20 heavy (non-hydrogen) atoms. The van der Waals surface area contributed by atoms with Gasteiger partial charge in [0.15, 0.2) is 11.6 Å². The zero-order valence-electron chi connectivity index (χ0n) is 10.7. The molecule has 0 spiro atoms. The highest BCUT2D eigenvalue weighted by molar-refractivity contribution is 5.50. The molecule has 0 saturated carbocycles. The largest absolute Gasteiger partial charge is 0.454 e. The average Bonchev–Trinajstić information content (AvgIpc) is 2.42. The Bertz CT molecular complexity index is 658. The molecular formula is C14H12FNO4. The monoisotopic (exact) mass is 277 g/mol. The second-order valence-corrected chi connectivity index (χ2v) is 4.18. The van der Waals surface area contributed by atoms with E-state index in [-0.39, 0.29) is 23.8 Å². The highest BCUT2D eigenvalue weighted by Gasteiger charge is 2.15. The fourth-order valence-electron chi connectivity index (χ4n) is 1.76. The minimum atomic E-state index is -0.637. The smallest absolute Gasteiger partial charge is 0.276 e. The maximum Gasteiger partial charge on any atom is 0.276 e. The quantitative estimate of drug-likeness (QED) is 0.687. The third-order valence-electron chi connectivity index (χ3n) is 2.85. The van der Waals surface area contributed by atoms with Crippen LogP contribution in [0, 0.1) is 22.9 Å². The first-order valence-electron chi connectivity index (χ1n) is 5.84. The molecule has 1 N–H and O–H groups in total. The molecular weight excluding hydrogens is 265 g/mol. The van der Waals surface area contributed by atoms with E-state index in [1.165, 1.54) is 37.3 Å². The predicted molar refractivity (Wildman–Crippen MR) is 70.2 cm³/mol. The molecule has 0 aromatic heterocycles. The van der Waals surface area contributed by atoms with Crippen molar-refractivity contribution >= 4 is 5.69 Å². The van der Waals surface area contributed by atoms with Crippen molar-refractivity contribution in [2.45, 2.75) is 13.5 Å². The lowest BCUT2D eigenvalue weighted by atomic mass is 10.2. The molecule has 2 aromatic rings. The van der Waals surface area contributed by atoms with Crippen LogP contribution < -0.4 is 4.74 Å². The SMILES string of the molecule is Cc1c(Oc2ccc(CO)cc2F)cccc1[N+](=O)[O-]. The first-order chi connectivity index (χ1) is 9.52. The minimum absolute atomic E-state index is 0.0502. The van der Waals surface area contributed by atoms with Crippen molar-refractivity contribution in [1.29, 1.82) is 0 Å². The van der Waals surface area contributed by atoms with Gasteiger partial charge in [0.2, 0.25) is 0 Å². The standard InChI is InChI=1S/C14H12FNO4/c1-9-12(16(18)19)3-2-4-13(9)20-14-6-5-10(8-17)7-11(14)15/h2-7,17H,8H2,1H3. The summed E-state index contributed by atoms with van der Waals surface area (Å²) >= 11 is 0. The highest BCUT2D eigenvalue weighted by Crippen LogP contribution is 2.32. The van der Waals surface area contributed by atoms with Crippen LogP contribution in [0.15, 0.2) is 36.4 Å². The maximum absolute atomic E-state index is 13.7. The van der Waals surface area contributed by atoms with Crippen LogP contribution in [0.2, 0.25) is 0 Å². The average molecular weight is 277 g/mol. The molecule has 0 unspecified atom stereocenters. The van der Waals surface area contributed by atoms with Gasteiger partial charge in [0, 0.05) is 6.07 Å². The van der Waals surface area contributed by atoms with Gasteiger partial charge in [0.05, 0.1) is 17.1 Å². The third kappa shape index (κ3) is 2.75. The first-order valence-corrected chi connectivity index (χ1v) is 5.84. The molecule has 0 saturated heterocycles. The van der Waals surface area contributed by atoms with E-state index in [0.29, 0.717) is 11.1 Å². The summed E-state index contributed by atoms with van der Waals surface area (Å²) < 4.78 is 19.1. The van der Waals surface area contributed by atoms with Gasteiger partial charge in [-0.25, -0.2) is 4.39 Å². The Balaban J connectivity index is 2.35. The first kappa shape index (κ1) is 14.0. The number of aliphatic hydroxyl groups is 1. The zero-order valence-corrected chi connectivity index (χ0v) is 10.7. The fraction of sp³-hybridized carbons (Fsp3) is 0.143. The predicted octanol–water partition coefficient (Wildman–Crippen LogP) is 3.33. The summed E-state index contributed by atoms with van der Waals surface area (Å²) in [5, 5.41) is 19.7. The number of hydrogen-bond donors (Lipinski definition) is 1. The topological polar surface area (TPSA) is 72.6 Å². The molecule has 0 radical (unpaired) electrons. The second-order valence-electron chi connectivity index (χ2n) is 4.18. The lowest BCUT2D eigenvalue weighted by molar-refractivity contribution is -0.385. The van der Waals surface area contributed by atoms with Crippen molar-refractivity contribution in [3.63, 3.8) is 0 Å². The van der Waals surface area contributed by atoms with Gasteiger partial charge in [-0.15, -0.1) is 0 Å². The summed E-state index contributed by atoms with van der Waals surface area (Å²) in [6, 6.07) is 8.40. The summed E-state index contributed by atoms with van der Waals surface area (Å²) in [7, 11) is 0. The number of hydrogen-bond acceptors (Lipinski definition) is 4. The van der Waals surface area contributed by atoms with Crippen LogP contribution in [0.25, 0.3) is 0 Å². The van der Waals surface area contributed by atoms with E-state index in [2.05, 4.69) is 0 Å². The number of nitrogens with zero attached hydrogens (tertiary/aromatic N) is 1. The number of aliphatic hydroxyl groups excluding tert-OH is 1. The van der Waals surface area contributed by atoms with Crippen molar-refractivity contribution in [3.05, 3.63) is 63.5 Å². The molecule has 104 valence electrons. The molecule has 0 amide bonds. The van der Waals surface area contributed by atoms with Gasteiger partial charge in [0.1, 0.15) is 5.75 Å². The van der Waals surface area contributed by atoms with Crippen molar-refractivity contribution in [3.8, 4) is 11.5 Å². The van der Waals surface area contributed by atoms with Crippen LogP contribution in [-0.2, 0) is 6.61 Å². The summed E-state index contributed by atoms with van der Waals surface area (Å²) in [5.41, 5.74) is 0.656. The van der Waals surface area contributed by atoms with Gasteiger partial charge in [0.25, 0.3) is 5.69 Å². The summed E-state index contributed by atoms with van der Waals surface area (Å²) in [5.74, 6) is -0.469. The molecule has 2 aromatic carbocycles. The van der Waals surface area contributed by atoms with Crippen LogP contribution in [0.5, 0.6) is 11.5 Å². The minimum Gasteiger partial charge on any atom is -0.454 e. The van der Waals surface area contributed by atoms with E-state index in [9.17, 15) is 14.5 Å². The highest BCUT2D eigenvalue weighted by atomic mass is 19.1. The second kappa shape index (κ2) is 5.66. The zero-order chi connectivity index (χ0) is 14.7. The Kier molecular flexibility index (Phi) is 3.95. The van der Waals surface area contributed by atoms with Crippen molar-refractivity contribution < 1.29 is 19.2 Å². The van der Waals surface area contributed by atoms with Gasteiger partial charge in [-0.1, -0.05) is 12.1 Å². The molecule has 0 aliphatic heterocycles. The van der Waals surface area contributed by atoms with E-state index in [4.69, 9.17) is 9.84 Å². The fourth-order valence-corrected chi connectivity index (χ4v) is 1.76. The molecule has 0 fully saturated rings. The van der Waals surface area contributed by atoms with Crippen LogP contribution in [0.3, 0.4) is 0 Å². The van der Waals surface area contributed by atoms with E-state index in [1.54, 1.807) is 0 Å². The molecule has 0 bridgehead atoms. The number of nitro groups is 1. The number of halogens is 1. The van der Waals surface area contributed by atoms with Gasteiger partial charge in [-0.05, 0) is 30.7 Å². The van der Waals surface area contributed by atoms with E-state index < -0.39 is 10.7 Å². The van der Waals surface area contributed by atoms with Gasteiger partial charge < -0.3 is 9.84 Å². The Morgan fingerprint density at radius 3 is 2.65 bits per heavy atom. The van der Waals surface area contributed by atoms with Crippen LogP contribution in [0.4, 0.5) is 10.1 Å². The van der Waals surface area contributed by atoms with Gasteiger partial charge in [-0.3, -0.25) is 10.1 Å². The third-order valence-corrected chi connectivity index (χ3v) is 2.85. The summed E-state index contributed by atoms with van der Waals surface area (Å²) in [6.45, 7) is 1.26. The van der Waals surface area contributed by atoms with E-state index >= 15 is 0 Å². The lowest BCUT2D eigenvalue weighted by Crippen LogP contribution is -1.96. The van der Waals surface area contributed by atoms with Crippen molar-refractivity contribution in [1.82, 2.24) is 0 Å². The maximum atomic E-state index is 13.7. The summed E-state index contributed by atoms with van der Waals surface area (Å²) in [4.78, 5) is 10.3. The molecule has 0 aliphatic carbocycles. The lowest BCUT2D eigenvalue weighted by Gasteiger charge is -2.10. The van der Waals surface area contributed by atoms with Crippen molar-refractivity contribution in [2.75, 3.05) is 0 Å². The van der Waals surface area contributed by atoms with Crippen LogP contribution >= 0.6 is 0 Å². The van der Waals surface area contributed by atoms with Crippen molar-refractivity contribution in [2.24, 2.45) is 0 Å². The number of ether oxygens (including phenoxy) is 1. The summed E-state index contributed by atoms with van der Waals surface area (Å²) in [6.07, 6.45) is 0. The molecule has 0 heterocycles. The molecule has 0 aliphatic rings. The number of nitro benzene ring substituents is 1. The Morgan fingerprint density at radius 2 is 2.05 bits per heavy atom.